The summed E-state index contributed by atoms with van der Waals surface area (Å²) in [4.78, 5) is 19.6. The van der Waals surface area contributed by atoms with Crippen molar-refractivity contribution in [2.45, 2.75) is 77.2 Å². The first-order chi connectivity index (χ1) is 15.2. The Morgan fingerprint density at radius 2 is 1.94 bits per heavy atom. The molecule has 0 aromatic carbocycles. The summed E-state index contributed by atoms with van der Waals surface area (Å²) in [6.45, 7) is 4.59. The molecule has 1 fully saturated rings. The van der Waals surface area contributed by atoms with E-state index in [0.29, 0.717) is 17.0 Å². The van der Waals surface area contributed by atoms with Gasteiger partial charge in [0.15, 0.2) is 6.61 Å². The Hall–Kier alpha value is -2.20. The van der Waals surface area contributed by atoms with Gasteiger partial charge in [-0.1, -0.05) is 11.6 Å². The van der Waals surface area contributed by atoms with Crippen molar-refractivity contribution in [2.75, 3.05) is 6.61 Å². The van der Waals surface area contributed by atoms with E-state index in [4.69, 9.17) is 25.8 Å². The highest BCUT2D eigenvalue weighted by atomic mass is 35.5. The maximum absolute atomic E-state index is 12.4. The molecule has 1 aliphatic carbocycles. The molecule has 0 unspecified atom stereocenters. The Morgan fingerprint density at radius 3 is 2.56 bits per heavy atom. The van der Waals surface area contributed by atoms with Crippen LogP contribution in [0.3, 0.4) is 0 Å². The lowest BCUT2D eigenvalue weighted by Crippen LogP contribution is -2.42. The summed E-state index contributed by atoms with van der Waals surface area (Å²) in [6, 6.07) is 0.320. The Balaban J connectivity index is 1.59. The molecule has 11 heteroatoms. The van der Waals surface area contributed by atoms with Crippen LogP contribution in [0.1, 0.15) is 46.5 Å². The topological polar surface area (TPSA) is 87.5 Å². The molecule has 178 valence electrons. The van der Waals surface area contributed by atoms with Crippen molar-refractivity contribution >= 4 is 28.5 Å². The minimum atomic E-state index is -2.62. The maximum Gasteiger partial charge on any atom is 0.297 e. The molecule has 2 heterocycles. The van der Waals surface area contributed by atoms with Crippen molar-refractivity contribution in [3.8, 4) is 11.9 Å². The molecular formula is C21H29ClF2N4O4. The number of pyridine rings is 1. The lowest BCUT2D eigenvalue weighted by Gasteiger charge is -2.32. The molecule has 1 saturated carbocycles. The highest BCUT2D eigenvalue weighted by Gasteiger charge is 2.27. The van der Waals surface area contributed by atoms with Crippen LogP contribution in [0.4, 0.5) is 8.78 Å². The molecule has 8 nitrogen and oxygen atoms in total. The summed E-state index contributed by atoms with van der Waals surface area (Å²) < 4.78 is 43.8. The van der Waals surface area contributed by atoms with Gasteiger partial charge in [0.2, 0.25) is 11.8 Å². The van der Waals surface area contributed by atoms with Crippen LogP contribution in [-0.2, 0) is 16.6 Å². The summed E-state index contributed by atoms with van der Waals surface area (Å²) in [5, 5.41) is 2.97. The van der Waals surface area contributed by atoms with Crippen LogP contribution in [-0.4, -0.2) is 57.8 Å². The molecule has 1 N–H and O–H groups in total. The number of carbonyl (C=O) groups is 1. The van der Waals surface area contributed by atoms with Crippen molar-refractivity contribution in [3.05, 3.63) is 11.2 Å². The van der Waals surface area contributed by atoms with E-state index in [2.05, 4.69) is 15.3 Å². The van der Waals surface area contributed by atoms with Gasteiger partial charge in [-0.05, 0) is 39.5 Å². The summed E-state index contributed by atoms with van der Waals surface area (Å²) in [7, 11) is 1.74. The number of imidazole rings is 1. The normalized spacial score (nSPS) is 20.9. The van der Waals surface area contributed by atoms with Crippen molar-refractivity contribution < 1.29 is 27.8 Å². The van der Waals surface area contributed by atoms with E-state index in [-0.39, 0.29) is 41.2 Å². The molecule has 2 aromatic heterocycles. The zero-order valence-electron chi connectivity index (χ0n) is 18.6. The number of ether oxygens (including phenoxy) is 3. The van der Waals surface area contributed by atoms with Gasteiger partial charge in [0.05, 0.1) is 30.0 Å². The monoisotopic (exact) mass is 474 g/mol. The average molecular weight is 475 g/mol. The first-order valence-electron chi connectivity index (χ1n) is 10.7. The summed E-state index contributed by atoms with van der Waals surface area (Å²) in [5.74, 6) is -0.134. The van der Waals surface area contributed by atoms with Gasteiger partial charge < -0.3 is 19.5 Å². The molecule has 0 spiro atoms. The largest absolute Gasteiger partial charge is 0.470 e. The number of aromatic nitrogens is 3. The first kappa shape index (κ1) is 24.4. The van der Waals surface area contributed by atoms with Gasteiger partial charge in [-0.2, -0.15) is 4.98 Å². The minimum Gasteiger partial charge on any atom is -0.470 e. The predicted molar refractivity (Wildman–Crippen MR) is 116 cm³/mol. The molecule has 2 aromatic rings. The van der Waals surface area contributed by atoms with E-state index in [1.165, 1.54) is 13.1 Å². The maximum atomic E-state index is 12.4. The van der Waals surface area contributed by atoms with E-state index in [9.17, 15) is 13.6 Å². The molecule has 32 heavy (non-hydrogen) atoms. The molecular weight excluding hydrogens is 446 g/mol. The SMILES string of the molecule is CC(=O)N[C@@H](C)[C@H](C)O[C@H]1CC[C@H](Oc2nc3cnc(OCC(F)F)c(Cl)c3n2C)CC1. The van der Waals surface area contributed by atoms with E-state index in [1.54, 1.807) is 11.6 Å². The summed E-state index contributed by atoms with van der Waals surface area (Å²) >= 11 is 6.32. The van der Waals surface area contributed by atoms with E-state index in [1.807, 2.05) is 13.8 Å². The molecule has 2 atom stereocenters. The van der Waals surface area contributed by atoms with Crippen molar-refractivity contribution in [1.29, 1.82) is 0 Å². The van der Waals surface area contributed by atoms with Crippen molar-refractivity contribution in [1.82, 2.24) is 19.9 Å². The first-order valence-corrected chi connectivity index (χ1v) is 11.0. The number of rotatable bonds is 9. The third-order valence-corrected chi connectivity index (χ3v) is 5.90. The van der Waals surface area contributed by atoms with Crippen LogP contribution in [0.5, 0.6) is 11.9 Å². The Morgan fingerprint density at radius 1 is 1.28 bits per heavy atom. The van der Waals surface area contributed by atoms with Crippen LogP contribution in [0.2, 0.25) is 5.02 Å². The van der Waals surface area contributed by atoms with E-state index in [0.717, 1.165) is 25.7 Å². The standard InChI is InChI=1S/C21H29ClF2N4O4/c1-11(26-13(3)29)12(2)31-14-5-7-15(8-6-14)32-21-27-16-9-25-20(30-10-17(23)24)18(22)19(16)28(21)4/h9,11-12,14-15,17H,5-8,10H2,1-4H3,(H,26,29)/t11-,12-,14-,15-/m0/s1. The average Bonchev–Trinajstić information content (AvgIpc) is 3.04. The lowest BCUT2D eigenvalue weighted by atomic mass is 9.94. The second-order valence-corrected chi connectivity index (χ2v) is 8.49. The zero-order valence-corrected chi connectivity index (χ0v) is 19.4. The number of aryl methyl sites for hydroxylation is 1. The summed E-state index contributed by atoms with van der Waals surface area (Å²) in [6.07, 6.45) is 2.05. The zero-order chi connectivity index (χ0) is 23.4. The van der Waals surface area contributed by atoms with Crippen LogP contribution in [0.15, 0.2) is 6.20 Å². The third kappa shape index (κ3) is 5.98. The van der Waals surface area contributed by atoms with E-state index >= 15 is 0 Å². The minimum absolute atomic E-state index is 0.0327. The number of amides is 1. The molecule has 0 radical (unpaired) electrons. The van der Waals surface area contributed by atoms with Gasteiger partial charge in [0, 0.05) is 14.0 Å². The fraction of sp³-hybridized carbons (Fsp3) is 0.667. The molecule has 0 saturated heterocycles. The number of carbonyl (C=O) groups excluding carboxylic acids is 1. The molecule has 0 bridgehead atoms. The number of halogens is 3. The van der Waals surface area contributed by atoms with Crippen LogP contribution in [0.25, 0.3) is 11.0 Å². The molecule has 3 rings (SSSR count). The highest BCUT2D eigenvalue weighted by Crippen LogP contribution is 2.34. The quantitative estimate of drug-likeness (QED) is 0.593. The fourth-order valence-corrected chi connectivity index (χ4v) is 4.10. The number of hydrogen-bond donors (Lipinski definition) is 1. The smallest absolute Gasteiger partial charge is 0.297 e. The second-order valence-electron chi connectivity index (χ2n) is 8.11. The van der Waals surface area contributed by atoms with E-state index < -0.39 is 13.0 Å². The number of nitrogens with one attached hydrogen (secondary N) is 1. The third-order valence-electron chi connectivity index (χ3n) is 5.56. The number of nitrogens with zero attached hydrogens (tertiary/aromatic N) is 3. The Kier molecular flexibility index (Phi) is 8.10. The van der Waals surface area contributed by atoms with Crippen molar-refractivity contribution in [3.63, 3.8) is 0 Å². The summed E-state index contributed by atoms with van der Waals surface area (Å²) in [5.41, 5.74) is 1.01. The van der Waals surface area contributed by atoms with Gasteiger partial charge in [-0.3, -0.25) is 9.36 Å². The van der Waals surface area contributed by atoms with Gasteiger partial charge in [0.1, 0.15) is 16.6 Å². The van der Waals surface area contributed by atoms with Gasteiger partial charge in [0.25, 0.3) is 12.4 Å². The second kappa shape index (κ2) is 10.6. The lowest BCUT2D eigenvalue weighted by molar-refractivity contribution is -0.121. The van der Waals surface area contributed by atoms with Crippen LogP contribution >= 0.6 is 11.6 Å². The number of fused-ring (bicyclic) bond motifs is 1. The predicted octanol–water partition coefficient (Wildman–Crippen LogP) is 3.89. The Labute approximate surface area is 190 Å². The Bertz CT molecular complexity index is 934. The number of alkyl halides is 2. The highest BCUT2D eigenvalue weighted by molar-refractivity contribution is 6.36. The van der Waals surface area contributed by atoms with Crippen molar-refractivity contribution in [2.24, 2.45) is 7.05 Å². The molecule has 1 aliphatic rings. The molecule has 0 aliphatic heterocycles. The van der Waals surface area contributed by atoms with Crippen LogP contribution < -0.4 is 14.8 Å². The van der Waals surface area contributed by atoms with Crippen LogP contribution in [0, 0.1) is 0 Å². The van der Waals surface area contributed by atoms with Gasteiger partial charge in [-0.25, -0.2) is 13.8 Å². The van der Waals surface area contributed by atoms with Gasteiger partial charge >= 0.3 is 0 Å². The molecule has 1 amide bonds. The van der Waals surface area contributed by atoms with Gasteiger partial charge in [-0.15, -0.1) is 0 Å². The number of hydrogen-bond acceptors (Lipinski definition) is 6. The fourth-order valence-electron chi connectivity index (χ4n) is 3.77.